The van der Waals surface area contributed by atoms with Crippen LogP contribution < -0.4 is 10.1 Å². The lowest BCUT2D eigenvalue weighted by Crippen LogP contribution is -2.41. The number of hydrogen-bond acceptors (Lipinski definition) is 7. The van der Waals surface area contributed by atoms with Crippen molar-refractivity contribution in [1.29, 1.82) is 0 Å². The molecule has 1 N–H and O–H groups in total. The first kappa shape index (κ1) is 24.5. The summed E-state index contributed by atoms with van der Waals surface area (Å²) in [5.41, 5.74) is 0.540. The van der Waals surface area contributed by atoms with E-state index < -0.39 is 16.0 Å². The lowest BCUT2D eigenvalue weighted by Gasteiger charge is -2.29. The summed E-state index contributed by atoms with van der Waals surface area (Å²) in [6.07, 6.45) is 0.691. The van der Waals surface area contributed by atoms with E-state index in [1.165, 1.54) is 16.4 Å². The molecular formula is C25H26N2O7S. The number of amides is 1. The second-order valence-electron chi connectivity index (χ2n) is 7.92. The molecule has 1 amide bonds. The quantitative estimate of drug-likeness (QED) is 0.461. The van der Waals surface area contributed by atoms with Crippen LogP contribution in [0.25, 0.3) is 0 Å². The molecule has 1 fully saturated rings. The standard InChI is InChI=1S/C25H26N2O7S/c1-2-32-25(29)22-12-13-23(34-22)35(30,31)27-16-14-18(15-17-27)24(28)26-20-10-6-7-11-21(20)33-19-8-4-3-5-9-19/h3-13,18H,2,14-17H2,1H3,(H,26,28). The van der Waals surface area contributed by atoms with Gasteiger partial charge < -0.3 is 19.2 Å². The van der Waals surface area contributed by atoms with Gasteiger partial charge in [0.25, 0.3) is 10.0 Å². The first-order chi connectivity index (χ1) is 16.9. The fraction of sp³-hybridized carbons (Fsp3) is 0.280. The first-order valence-electron chi connectivity index (χ1n) is 11.3. The van der Waals surface area contributed by atoms with Gasteiger partial charge in [-0.25, -0.2) is 13.2 Å². The van der Waals surface area contributed by atoms with Crippen LogP contribution in [0.3, 0.4) is 0 Å². The van der Waals surface area contributed by atoms with Crippen molar-refractivity contribution in [1.82, 2.24) is 4.31 Å². The topological polar surface area (TPSA) is 115 Å². The van der Waals surface area contributed by atoms with Crippen LogP contribution >= 0.6 is 0 Å². The van der Waals surface area contributed by atoms with Gasteiger partial charge >= 0.3 is 5.97 Å². The molecule has 0 unspecified atom stereocenters. The highest BCUT2D eigenvalue weighted by atomic mass is 32.2. The van der Waals surface area contributed by atoms with Gasteiger partial charge in [-0.3, -0.25) is 4.79 Å². The largest absolute Gasteiger partial charge is 0.460 e. The average molecular weight is 499 g/mol. The Morgan fingerprint density at radius 2 is 1.69 bits per heavy atom. The molecule has 0 saturated carbocycles. The number of esters is 1. The highest BCUT2D eigenvalue weighted by Gasteiger charge is 2.34. The molecule has 2 aromatic carbocycles. The van der Waals surface area contributed by atoms with Crippen LogP contribution in [0.5, 0.6) is 11.5 Å². The first-order valence-corrected chi connectivity index (χ1v) is 12.7. The van der Waals surface area contributed by atoms with E-state index in [0.717, 1.165) is 0 Å². The molecule has 4 rings (SSSR count). The zero-order valence-electron chi connectivity index (χ0n) is 19.2. The number of sulfonamides is 1. The second-order valence-corrected chi connectivity index (χ2v) is 9.79. The molecule has 0 aliphatic carbocycles. The SMILES string of the molecule is CCOC(=O)c1ccc(S(=O)(=O)N2CCC(C(=O)Nc3ccccc3Oc3ccccc3)CC2)o1. The summed E-state index contributed by atoms with van der Waals surface area (Å²) in [4.78, 5) is 24.7. The average Bonchev–Trinajstić information content (AvgIpc) is 3.38. The van der Waals surface area contributed by atoms with Crippen LogP contribution in [0.1, 0.15) is 30.3 Å². The fourth-order valence-corrected chi connectivity index (χ4v) is 5.15. The van der Waals surface area contributed by atoms with Gasteiger partial charge in [-0.05, 0) is 56.2 Å². The molecule has 10 heteroatoms. The van der Waals surface area contributed by atoms with Crippen molar-refractivity contribution in [3.63, 3.8) is 0 Å². The molecular weight excluding hydrogens is 472 g/mol. The van der Waals surface area contributed by atoms with Gasteiger partial charge in [0, 0.05) is 19.0 Å². The summed E-state index contributed by atoms with van der Waals surface area (Å²) in [7, 11) is -3.93. The van der Waals surface area contributed by atoms with E-state index in [2.05, 4.69) is 5.32 Å². The van der Waals surface area contributed by atoms with Crippen molar-refractivity contribution in [2.24, 2.45) is 5.92 Å². The highest BCUT2D eigenvalue weighted by molar-refractivity contribution is 7.89. The normalized spacial score (nSPS) is 14.9. The van der Waals surface area contributed by atoms with E-state index in [4.69, 9.17) is 13.9 Å². The summed E-state index contributed by atoms with van der Waals surface area (Å²) < 4.78 is 43.1. The predicted octanol–water partition coefficient (Wildman–Crippen LogP) is 4.29. The molecule has 1 saturated heterocycles. The Morgan fingerprint density at radius 3 is 2.40 bits per heavy atom. The van der Waals surface area contributed by atoms with Crippen molar-refractivity contribution in [2.75, 3.05) is 25.0 Å². The molecule has 0 atom stereocenters. The number of benzene rings is 2. The minimum Gasteiger partial charge on any atom is -0.460 e. The van der Waals surface area contributed by atoms with E-state index in [0.29, 0.717) is 30.0 Å². The zero-order valence-corrected chi connectivity index (χ0v) is 20.0. The number of nitrogens with one attached hydrogen (secondary N) is 1. The third-order valence-corrected chi connectivity index (χ3v) is 7.37. The Morgan fingerprint density at radius 1 is 1.00 bits per heavy atom. The van der Waals surface area contributed by atoms with E-state index in [1.54, 1.807) is 25.1 Å². The smallest absolute Gasteiger partial charge is 0.374 e. The summed E-state index contributed by atoms with van der Waals surface area (Å²) in [5.74, 6) is -0.289. The van der Waals surface area contributed by atoms with Gasteiger partial charge in [0.1, 0.15) is 5.75 Å². The number of hydrogen-bond donors (Lipinski definition) is 1. The second kappa shape index (κ2) is 10.7. The maximum absolute atomic E-state index is 12.9. The molecule has 184 valence electrons. The molecule has 3 aromatic rings. The van der Waals surface area contributed by atoms with Crippen LogP contribution in [-0.4, -0.2) is 44.3 Å². The van der Waals surface area contributed by atoms with Crippen molar-refractivity contribution in [3.8, 4) is 11.5 Å². The number of para-hydroxylation sites is 3. The van der Waals surface area contributed by atoms with Crippen molar-refractivity contribution in [2.45, 2.75) is 24.9 Å². The van der Waals surface area contributed by atoms with Crippen molar-refractivity contribution in [3.05, 3.63) is 72.5 Å². The van der Waals surface area contributed by atoms with Crippen LogP contribution in [0.15, 0.2) is 76.2 Å². The van der Waals surface area contributed by atoms with Gasteiger partial charge in [0.2, 0.25) is 16.8 Å². The minimum absolute atomic E-state index is 0.151. The van der Waals surface area contributed by atoms with E-state index in [1.807, 2.05) is 36.4 Å². The molecule has 0 bridgehead atoms. The predicted molar refractivity (Wildman–Crippen MR) is 128 cm³/mol. The van der Waals surface area contributed by atoms with Gasteiger partial charge in [-0.2, -0.15) is 4.31 Å². The van der Waals surface area contributed by atoms with Gasteiger partial charge in [-0.15, -0.1) is 0 Å². The third kappa shape index (κ3) is 5.72. The maximum atomic E-state index is 12.9. The van der Waals surface area contributed by atoms with Crippen LogP contribution in [0.2, 0.25) is 0 Å². The number of rotatable bonds is 8. The van der Waals surface area contributed by atoms with Crippen molar-refractivity contribution < 1.29 is 31.9 Å². The van der Waals surface area contributed by atoms with Gasteiger partial charge in [0.05, 0.1) is 12.3 Å². The summed E-state index contributed by atoms with van der Waals surface area (Å²) >= 11 is 0. The molecule has 9 nitrogen and oxygen atoms in total. The number of ether oxygens (including phenoxy) is 2. The number of carbonyl (C=O) groups excluding carboxylic acids is 2. The monoisotopic (exact) mass is 498 g/mol. The van der Waals surface area contributed by atoms with Crippen molar-refractivity contribution >= 4 is 27.6 Å². The maximum Gasteiger partial charge on any atom is 0.374 e. The Bertz CT molecular complexity index is 1280. The summed E-state index contributed by atoms with van der Waals surface area (Å²) in [6.45, 7) is 2.10. The number of carbonyl (C=O) groups is 2. The number of nitrogens with zero attached hydrogens (tertiary/aromatic N) is 1. The van der Waals surface area contributed by atoms with Gasteiger partial charge in [0.15, 0.2) is 5.75 Å². The summed E-state index contributed by atoms with van der Waals surface area (Å²) in [6, 6.07) is 18.9. The minimum atomic E-state index is -3.93. The Hall–Kier alpha value is -3.63. The van der Waals surface area contributed by atoms with Crippen LogP contribution in [0.4, 0.5) is 5.69 Å². The molecule has 0 spiro atoms. The fourth-order valence-electron chi connectivity index (χ4n) is 3.77. The lowest BCUT2D eigenvalue weighted by molar-refractivity contribution is -0.120. The molecule has 1 aromatic heterocycles. The molecule has 1 aliphatic heterocycles. The summed E-state index contributed by atoms with van der Waals surface area (Å²) in [5, 5.41) is 2.59. The van der Waals surface area contributed by atoms with E-state index in [-0.39, 0.29) is 42.4 Å². The number of anilines is 1. The molecule has 0 radical (unpaired) electrons. The number of piperidine rings is 1. The Balaban J connectivity index is 1.37. The van der Waals surface area contributed by atoms with Crippen LogP contribution in [-0.2, 0) is 19.6 Å². The molecule has 2 heterocycles. The third-order valence-electron chi connectivity index (χ3n) is 5.59. The lowest BCUT2D eigenvalue weighted by atomic mass is 9.97. The molecule has 35 heavy (non-hydrogen) atoms. The molecule has 1 aliphatic rings. The highest BCUT2D eigenvalue weighted by Crippen LogP contribution is 2.31. The van der Waals surface area contributed by atoms with E-state index >= 15 is 0 Å². The van der Waals surface area contributed by atoms with Crippen LogP contribution in [0, 0.1) is 5.92 Å². The number of furan rings is 1. The van der Waals surface area contributed by atoms with Gasteiger partial charge in [-0.1, -0.05) is 30.3 Å². The zero-order chi connectivity index (χ0) is 24.8. The Labute approximate surface area is 203 Å². The Kier molecular flexibility index (Phi) is 7.52. The van der Waals surface area contributed by atoms with E-state index in [9.17, 15) is 18.0 Å².